The zero-order valence-corrected chi connectivity index (χ0v) is 17.1. The van der Waals surface area contributed by atoms with Crippen LogP contribution >= 0.6 is 0 Å². The predicted molar refractivity (Wildman–Crippen MR) is 104 cm³/mol. The standard InChI is InChI=1S/C19H24N4O4S/c1-13-17(28(24,25)23(2)3)11-16(26-13)19-22-15(12-20)18(27-19)21-10-9-14-7-5-4-6-8-14/h7,11,21H,4-6,8-10H2,1-3H3. The molecule has 0 saturated heterocycles. The molecular weight excluding hydrogens is 380 g/mol. The number of nitriles is 1. The van der Waals surface area contributed by atoms with Crippen LogP contribution in [0.2, 0.25) is 0 Å². The van der Waals surface area contributed by atoms with E-state index in [4.69, 9.17) is 8.83 Å². The van der Waals surface area contributed by atoms with Gasteiger partial charge in [0.25, 0.3) is 5.89 Å². The molecular formula is C19H24N4O4S. The smallest absolute Gasteiger partial charge is 0.266 e. The molecule has 1 aliphatic rings. The van der Waals surface area contributed by atoms with Crippen LogP contribution in [-0.2, 0) is 10.0 Å². The highest BCUT2D eigenvalue weighted by molar-refractivity contribution is 7.89. The average molecular weight is 404 g/mol. The first-order chi connectivity index (χ1) is 13.3. The molecule has 2 aromatic rings. The van der Waals surface area contributed by atoms with Crippen LogP contribution in [-0.4, -0.2) is 38.3 Å². The van der Waals surface area contributed by atoms with Crippen molar-refractivity contribution < 1.29 is 17.3 Å². The van der Waals surface area contributed by atoms with Crippen molar-refractivity contribution in [2.24, 2.45) is 0 Å². The van der Waals surface area contributed by atoms with Crippen molar-refractivity contribution in [3.63, 3.8) is 0 Å². The van der Waals surface area contributed by atoms with Gasteiger partial charge in [0, 0.05) is 26.7 Å². The maximum absolute atomic E-state index is 12.4. The third-order valence-corrected chi connectivity index (χ3v) is 6.61. The van der Waals surface area contributed by atoms with Crippen LogP contribution < -0.4 is 5.32 Å². The lowest BCUT2D eigenvalue weighted by Crippen LogP contribution is -2.22. The molecule has 150 valence electrons. The summed E-state index contributed by atoms with van der Waals surface area (Å²) in [4.78, 5) is 4.18. The van der Waals surface area contributed by atoms with Crippen LogP contribution in [0, 0.1) is 18.3 Å². The Labute approximate surface area is 164 Å². The fourth-order valence-electron chi connectivity index (χ4n) is 3.11. The molecule has 8 nitrogen and oxygen atoms in total. The first-order valence-electron chi connectivity index (χ1n) is 9.19. The van der Waals surface area contributed by atoms with Gasteiger partial charge in [-0.25, -0.2) is 12.7 Å². The third-order valence-electron chi connectivity index (χ3n) is 4.69. The molecule has 0 aliphatic heterocycles. The zero-order chi connectivity index (χ0) is 20.3. The van der Waals surface area contributed by atoms with Crippen molar-refractivity contribution in [2.75, 3.05) is 26.0 Å². The summed E-state index contributed by atoms with van der Waals surface area (Å²) in [5, 5.41) is 12.4. The van der Waals surface area contributed by atoms with Gasteiger partial charge in [-0.15, -0.1) is 0 Å². The monoisotopic (exact) mass is 404 g/mol. The number of anilines is 1. The Morgan fingerprint density at radius 1 is 1.32 bits per heavy atom. The van der Waals surface area contributed by atoms with Crippen LogP contribution in [0.1, 0.15) is 43.6 Å². The highest BCUT2D eigenvalue weighted by Gasteiger charge is 2.26. The lowest BCUT2D eigenvalue weighted by Gasteiger charge is -2.12. The lowest BCUT2D eigenvalue weighted by atomic mass is 9.97. The Morgan fingerprint density at radius 3 is 2.75 bits per heavy atom. The maximum Gasteiger partial charge on any atom is 0.266 e. The number of allylic oxidation sites excluding steroid dienone is 1. The van der Waals surface area contributed by atoms with Gasteiger partial charge in [0.15, 0.2) is 5.76 Å². The Bertz CT molecular complexity index is 1030. The molecule has 0 atom stereocenters. The van der Waals surface area contributed by atoms with Gasteiger partial charge in [-0.1, -0.05) is 11.6 Å². The lowest BCUT2D eigenvalue weighted by molar-refractivity contribution is 0.492. The summed E-state index contributed by atoms with van der Waals surface area (Å²) in [7, 11) is -0.750. The number of furan rings is 1. The molecule has 0 amide bonds. The molecule has 2 aromatic heterocycles. The molecule has 1 aliphatic carbocycles. The topological polar surface area (TPSA) is 112 Å². The van der Waals surface area contributed by atoms with Gasteiger partial charge in [-0.2, -0.15) is 10.2 Å². The van der Waals surface area contributed by atoms with Crippen molar-refractivity contribution in [3.05, 3.63) is 29.2 Å². The molecule has 3 rings (SSSR count). The first-order valence-corrected chi connectivity index (χ1v) is 10.6. The number of aryl methyl sites for hydroxylation is 1. The second-order valence-electron chi connectivity index (χ2n) is 6.91. The van der Waals surface area contributed by atoms with E-state index in [9.17, 15) is 13.7 Å². The van der Waals surface area contributed by atoms with Crippen LogP contribution in [0.15, 0.2) is 31.4 Å². The van der Waals surface area contributed by atoms with E-state index in [1.165, 1.54) is 38.6 Å². The molecule has 0 fully saturated rings. The number of rotatable bonds is 7. The molecule has 9 heteroatoms. The van der Waals surface area contributed by atoms with Crippen molar-refractivity contribution in [1.29, 1.82) is 5.26 Å². The summed E-state index contributed by atoms with van der Waals surface area (Å²) < 4.78 is 37.0. The molecule has 28 heavy (non-hydrogen) atoms. The van der Waals surface area contributed by atoms with E-state index < -0.39 is 10.0 Å². The summed E-state index contributed by atoms with van der Waals surface area (Å²) in [6.07, 6.45) is 7.86. The van der Waals surface area contributed by atoms with Gasteiger partial charge < -0.3 is 14.2 Å². The summed E-state index contributed by atoms with van der Waals surface area (Å²) in [6.45, 7) is 2.19. The number of sulfonamides is 1. The van der Waals surface area contributed by atoms with Crippen LogP contribution in [0.25, 0.3) is 11.7 Å². The molecule has 2 heterocycles. The summed E-state index contributed by atoms with van der Waals surface area (Å²) >= 11 is 0. The SMILES string of the molecule is Cc1oc(-c2nc(C#N)c(NCCC3=CCCCC3)o2)cc1S(=O)(=O)N(C)C. The normalized spacial score (nSPS) is 14.8. The highest BCUT2D eigenvalue weighted by Crippen LogP contribution is 2.31. The molecule has 1 N–H and O–H groups in total. The molecule has 0 aromatic carbocycles. The van der Waals surface area contributed by atoms with Crippen LogP contribution in [0.3, 0.4) is 0 Å². The minimum absolute atomic E-state index is 0.0444. The third kappa shape index (κ3) is 4.13. The number of nitrogens with one attached hydrogen (secondary N) is 1. The minimum Gasteiger partial charge on any atom is -0.455 e. The number of nitrogens with zero attached hydrogens (tertiary/aromatic N) is 3. The fourth-order valence-corrected chi connectivity index (χ4v) is 4.17. The van der Waals surface area contributed by atoms with Gasteiger partial charge in [-0.3, -0.25) is 0 Å². The van der Waals surface area contributed by atoms with Crippen molar-refractivity contribution in [1.82, 2.24) is 9.29 Å². The van der Waals surface area contributed by atoms with Gasteiger partial charge in [-0.05, 0) is 39.0 Å². The second-order valence-corrected chi connectivity index (χ2v) is 9.03. The largest absolute Gasteiger partial charge is 0.455 e. The zero-order valence-electron chi connectivity index (χ0n) is 16.3. The van der Waals surface area contributed by atoms with Crippen molar-refractivity contribution >= 4 is 15.9 Å². The first kappa shape index (κ1) is 20.2. The Hall–Kier alpha value is -2.57. The van der Waals surface area contributed by atoms with Gasteiger partial charge >= 0.3 is 0 Å². The van der Waals surface area contributed by atoms with E-state index in [-0.39, 0.29) is 33.9 Å². The Balaban J connectivity index is 1.79. The molecule has 0 bridgehead atoms. The number of oxazole rings is 1. The Kier molecular flexibility index (Phi) is 5.91. The number of hydrogen-bond acceptors (Lipinski definition) is 7. The van der Waals surface area contributed by atoms with Gasteiger partial charge in [0.05, 0.1) is 0 Å². The number of aromatic nitrogens is 1. The summed E-state index contributed by atoms with van der Waals surface area (Å²) in [5.74, 6) is 0.732. The van der Waals surface area contributed by atoms with Crippen molar-refractivity contribution in [2.45, 2.75) is 43.9 Å². The molecule has 0 radical (unpaired) electrons. The quantitative estimate of drug-likeness (QED) is 0.701. The Morgan fingerprint density at radius 2 is 2.11 bits per heavy atom. The average Bonchev–Trinajstić information content (AvgIpc) is 3.26. The van der Waals surface area contributed by atoms with Gasteiger partial charge in [0.2, 0.25) is 21.6 Å². The van der Waals surface area contributed by atoms with E-state index in [0.717, 1.165) is 23.6 Å². The highest BCUT2D eigenvalue weighted by atomic mass is 32.2. The predicted octanol–water partition coefficient (Wildman–Crippen LogP) is 3.67. The molecule has 0 unspecified atom stereocenters. The van der Waals surface area contributed by atoms with E-state index in [1.807, 2.05) is 6.07 Å². The summed E-state index contributed by atoms with van der Waals surface area (Å²) in [6, 6.07) is 3.36. The van der Waals surface area contributed by atoms with E-state index >= 15 is 0 Å². The van der Waals surface area contributed by atoms with Gasteiger partial charge in [0.1, 0.15) is 16.7 Å². The maximum atomic E-state index is 12.4. The minimum atomic E-state index is -3.65. The summed E-state index contributed by atoms with van der Waals surface area (Å²) in [5.41, 5.74) is 1.52. The van der Waals surface area contributed by atoms with E-state index in [1.54, 1.807) is 6.92 Å². The number of hydrogen-bond donors (Lipinski definition) is 1. The fraction of sp³-hybridized carbons (Fsp3) is 0.474. The van der Waals surface area contributed by atoms with Crippen molar-refractivity contribution in [3.8, 4) is 17.7 Å². The van der Waals surface area contributed by atoms with E-state index in [0.29, 0.717) is 6.54 Å². The van der Waals surface area contributed by atoms with E-state index in [2.05, 4.69) is 16.4 Å². The molecule has 0 saturated carbocycles. The van der Waals surface area contributed by atoms with Crippen LogP contribution in [0.5, 0.6) is 0 Å². The van der Waals surface area contributed by atoms with Crippen LogP contribution in [0.4, 0.5) is 5.88 Å². The molecule has 0 spiro atoms. The second kappa shape index (κ2) is 8.20.